The number of rotatable bonds is 4. The lowest BCUT2D eigenvalue weighted by molar-refractivity contribution is -0.121. The third kappa shape index (κ3) is 4.56. The number of carbonyl (C=O) groups is 3. The quantitative estimate of drug-likeness (QED) is 0.753. The zero-order valence-corrected chi connectivity index (χ0v) is 16.5. The van der Waals surface area contributed by atoms with Gasteiger partial charge >= 0.3 is 0 Å². The van der Waals surface area contributed by atoms with Gasteiger partial charge in [0.15, 0.2) is 0 Å². The van der Waals surface area contributed by atoms with E-state index < -0.39 is 11.7 Å². The van der Waals surface area contributed by atoms with Gasteiger partial charge in [0, 0.05) is 34.7 Å². The normalized spacial score (nSPS) is 14.6. The third-order valence-electron chi connectivity index (χ3n) is 4.74. The van der Waals surface area contributed by atoms with Gasteiger partial charge in [-0.15, -0.1) is 0 Å². The molecule has 0 bridgehead atoms. The molecular formula is C20H19BrFN3O3. The van der Waals surface area contributed by atoms with Crippen molar-refractivity contribution in [2.45, 2.75) is 12.8 Å². The zero-order chi connectivity index (χ0) is 20.3. The highest BCUT2D eigenvalue weighted by atomic mass is 79.9. The maximum Gasteiger partial charge on any atom is 0.253 e. The Balaban J connectivity index is 1.58. The second-order valence-electron chi connectivity index (χ2n) is 6.62. The highest BCUT2D eigenvalue weighted by Crippen LogP contribution is 2.22. The van der Waals surface area contributed by atoms with E-state index in [1.165, 1.54) is 12.1 Å². The first-order chi connectivity index (χ1) is 13.3. The Morgan fingerprint density at radius 1 is 1.07 bits per heavy atom. The second-order valence-corrected chi connectivity index (χ2v) is 7.54. The van der Waals surface area contributed by atoms with Crippen LogP contribution in [0, 0.1) is 11.7 Å². The number of nitrogens with two attached hydrogens (primary N) is 1. The van der Waals surface area contributed by atoms with E-state index in [1.54, 1.807) is 17.0 Å². The van der Waals surface area contributed by atoms with Gasteiger partial charge in [0.05, 0.1) is 5.56 Å². The van der Waals surface area contributed by atoms with Gasteiger partial charge in [0.1, 0.15) is 5.82 Å². The summed E-state index contributed by atoms with van der Waals surface area (Å²) in [5.41, 5.74) is 5.78. The molecule has 2 aromatic carbocycles. The van der Waals surface area contributed by atoms with Crippen LogP contribution in [0.1, 0.15) is 33.6 Å². The lowest BCUT2D eigenvalue weighted by atomic mass is 9.95. The van der Waals surface area contributed by atoms with E-state index in [2.05, 4.69) is 21.2 Å². The fourth-order valence-electron chi connectivity index (χ4n) is 3.16. The Hall–Kier alpha value is -2.74. The monoisotopic (exact) mass is 447 g/mol. The largest absolute Gasteiger partial charge is 0.366 e. The van der Waals surface area contributed by atoms with E-state index in [4.69, 9.17) is 5.73 Å². The minimum absolute atomic E-state index is 0.0593. The van der Waals surface area contributed by atoms with Crippen molar-refractivity contribution in [2.24, 2.45) is 11.7 Å². The molecule has 3 N–H and O–H groups in total. The molecule has 0 unspecified atom stereocenters. The molecule has 3 amide bonds. The molecule has 146 valence electrons. The van der Waals surface area contributed by atoms with Crippen LogP contribution in [-0.2, 0) is 4.79 Å². The van der Waals surface area contributed by atoms with Crippen LogP contribution >= 0.6 is 15.9 Å². The Bertz CT molecular complexity index is 909. The lowest BCUT2D eigenvalue weighted by Crippen LogP contribution is -2.41. The Morgan fingerprint density at radius 3 is 2.32 bits per heavy atom. The summed E-state index contributed by atoms with van der Waals surface area (Å²) in [6.45, 7) is 0.950. The first-order valence-electron chi connectivity index (χ1n) is 8.80. The predicted molar refractivity (Wildman–Crippen MR) is 106 cm³/mol. The van der Waals surface area contributed by atoms with Gasteiger partial charge in [0.25, 0.3) is 11.8 Å². The summed E-state index contributed by atoms with van der Waals surface area (Å²) < 4.78 is 14.4. The van der Waals surface area contributed by atoms with Crippen molar-refractivity contribution in [3.8, 4) is 0 Å². The van der Waals surface area contributed by atoms with Crippen LogP contribution < -0.4 is 11.1 Å². The molecule has 28 heavy (non-hydrogen) atoms. The van der Waals surface area contributed by atoms with Crippen molar-refractivity contribution in [2.75, 3.05) is 18.4 Å². The zero-order valence-electron chi connectivity index (χ0n) is 15.0. The van der Waals surface area contributed by atoms with Crippen molar-refractivity contribution in [1.29, 1.82) is 0 Å². The first kappa shape index (κ1) is 20.0. The molecule has 2 aromatic rings. The van der Waals surface area contributed by atoms with Crippen molar-refractivity contribution in [3.05, 3.63) is 63.9 Å². The van der Waals surface area contributed by atoms with Crippen LogP contribution in [0.25, 0.3) is 0 Å². The van der Waals surface area contributed by atoms with Crippen LogP contribution in [-0.4, -0.2) is 35.7 Å². The van der Waals surface area contributed by atoms with Gasteiger partial charge in [-0.05, 0) is 55.3 Å². The number of halogens is 2. The van der Waals surface area contributed by atoms with Gasteiger partial charge in [-0.3, -0.25) is 14.4 Å². The minimum Gasteiger partial charge on any atom is -0.366 e. The molecule has 1 aliphatic rings. The molecule has 0 aromatic heterocycles. The van der Waals surface area contributed by atoms with Crippen molar-refractivity contribution < 1.29 is 18.8 Å². The third-order valence-corrected chi connectivity index (χ3v) is 5.27. The topological polar surface area (TPSA) is 92.5 Å². The molecule has 1 aliphatic heterocycles. The summed E-state index contributed by atoms with van der Waals surface area (Å²) in [6, 6.07) is 10.8. The number of piperidine rings is 1. The molecule has 6 nitrogen and oxygen atoms in total. The molecule has 0 atom stereocenters. The maximum absolute atomic E-state index is 13.5. The summed E-state index contributed by atoms with van der Waals surface area (Å²) in [7, 11) is 0. The summed E-state index contributed by atoms with van der Waals surface area (Å²) in [5, 5.41) is 2.69. The van der Waals surface area contributed by atoms with E-state index in [1.807, 2.05) is 12.1 Å². The minimum atomic E-state index is -0.895. The van der Waals surface area contributed by atoms with Crippen LogP contribution in [0.4, 0.5) is 10.1 Å². The number of nitrogens with one attached hydrogen (secondary N) is 1. The molecule has 1 fully saturated rings. The van der Waals surface area contributed by atoms with Gasteiger partial charge < -0.3 is 16.0 Å². The molecule has 1 saturated heterocycles. The first-order valence-corrected chi connectivity index (χ1v) is 9.59. The van der Waals surface area contributed by atoms with Crippen LogP contribution in [0.5, 0.6) is 0 Å². The molecule has 1 heterocycles. The highest BCUT2D eigenvalue weighted by Gasteiger charge is 2.28. The number of likely N-dealkylation sites (tertiary alicyclic amines) is 1. The van der Waals surface area contributed by atoms with Crippen molar-refractivity contribution in [1.82, 2.24) is 4.90 Å². The molecule has 3 rings (SSSR count). The average molecular weight is 448 g/mol. The number of hydrogen-bond acceptors (Lipinski definition) is 3. The fourth-order valence-corrected chi connectivity index (χ4v) is 3.42. The summed E-state index contributed by atoms with van der Waals surface area (Å²) in [6.07, 6.45) is 1.05. The van der Waals surface area contributed by atoms with Gasteiger partial charge in [-0.1, -0.05) is 15.9 Å². The second kappa shape index (κ2) is 8.52. The molecule has 0 radical (unpaired) electrons. The Labute approximate surface area is 170 Å². The van der Waals surface area contributed by atoms with E-state index in [0.717, 1.165) is 10.5 Å². The summed E-state index contributed by atoms with van der Waals surface area (Å²) in [4.78, 5) is 38.0. The number of nitrogens with zero attached hydrogens (tertiary/aromatic N) is 1. The number of anilines is 1. The molecule has 0 spiro atoms. The molecule has 8 heteroatoms. The van der Waals surface area contributed by atoms with E-state index in [0.29, 0.717) is 37.2 Å². The SMILES string of the molecule is NC(=O)c1cc(NC(=O)C2CCN(C(=O)c3ccc(Br)cc3)CC2)ccc1F. The van der Waals surface area contributed by atoms with Crippen molar-refractivity contribution in [3.63, 3.8) is 0 Å². The van der Waals surface area contributed by atoms with Crippen molar-refractivity contribution >= 4 is 39.3 Å². The molecule has 0 aliphatic carbocycles. The highest BCUT2D eigenvalue weighted by molar-refractivity contribution is 9.10. The predicted octanol–water partition coefficient (Wildman–Crippen LogP) is 3.18. The van der Waals surface area contributed by atoms with E-state index in [9.17, 15) is 18.8 Å². The Kier molecular flexibility index (Phi) is 6.08. The number of primary amides is 1. The summed E-state index contributed by atoms with van der Waals surface area (Å²) >= 11 is 3.34. The van der Waals surface area contributed by atoms with Crippen LogP contribution in [0.15, 0.2) is 46.9 Å². The maximum atomic E-state index is 13.5. The van der Waals surface area contributed by atoms with E-state index >= 15 is 0 Å². The summed E-state index contributed by atoms with van der Waals surface area (Å²) in [5.74, 6) is -2.18. The number of carbonyl (C=O) groups excluding carboxylic acids is 3. The number of amides is 3. The standard InChI is InChI=1S/C20H19BrFN3O3/c21-14-3-1-13(2-4-14)20(28)25-9-7-12(8-10-25)19(27)24-15-5-6-17(22)16(11-15)18(23)26/h1-6,11-12H,7-10H2,(H2,23,26)(H,24,27). The average Bonchev–Trinajstić information content (AvgIpc) is 2.69. The molecular weight excluding hydrogens is 429 g/mol. The van der Waals surface area contributed by atoms with Crippen LogP contribution in [0.3, 0.4) is 0 Å². The van der Waals surface area contributed by atoms with E-state index in [-0.39, 0.29) is 23.3 Å². The molecule has 0 saturated carbocycles. The van der Waals surface area contributed by atoms with Gasteiger partial charge in [-0.25, -0.2) is 4.39 Å². The lowest BCUT2D eigenvalue weighted by Gasteiger charge is -2.31. The fraction of sp³-hybridized carbons (Fsp3) is 0.250. The number of hydrogen-bond donors (Lipinski definition) is 2. The smallest absolute Gasteiger partial charge is 0.253 e. The number of benzene rings is 2. The van der Waals surface area contributed by atoms with Gasteiger partial charge in [-0.2, -0.15) is 0 Å². The Morgan fingerprint density at radius 2 is 1.71 bits per heavy atom. The van der Waals surface area contributed by atoms with Crippen LogP contribution in [0.2, 0.25) is 0 Å². The van der Waals surface area contributed by atoms with Gasteiger partial charge in [0.2, 0.25) is 5.91 Å².